The molecule has 1 atom stereocenters. The van der Waals surface area contributed by atoms with E-state index in [0.717, 1.165) is 6.42 Å². The summed E-state index contributed by atoms with van der Waals surface area (Å²) in [6, 6.07) is 0. The van der Waals surface area contributed by atoms with Crippen LogP contribution in [0.5, 0.6) is 0 Å². The summed E-state index contributed by atoms with van der Waals surface area (Å²) in [5.74, 6) is -0.0683. The molecule has 1 N–H and O–H groups in total. The third-order valence-electron chi connectivity index (χ3n) is 1.89. The number of allylic oxidation sites excluding steroid dienone is 1. The van der Waals surface area contributed by atoms with Crippen LogP contribution in [0.2, 0.25) is 0 Å². The van der Waals surface area contributed by atoms with Crippen molar-refractivity contribution in [3.05, 3.63) is 12.2 Å². The highest BCUT2D eigenvalue weighted by molar-refractivity contribution is 5.89. The molecule has 2 heteroatoms. The zero-order valence-electron chi connectivity index (χ0n) is 6.13. The quantitative estimate of drug-likeness (QED) is 0.582. The molecule has 0 spiro atoms. The van der Waals surface area contributed by atoms with Crippen molar-refractivity contribution in [2.24, 2.45) is 0 Å². The van der Waals surface area contributed by atoms with Gasteiger partial charge in [-0.05, 0) is 18.9 Å². The van der Waals surface area contributed by atoms with E-state index in [-0.39, 0.29) is 5.78 Å². The van der Waals surface area contributed by atoms with Crippen LogP contribution in [0.25, 0.3) is 0 Å². The summed E-state index contributed by atoms with van der Waals surface area (Å²) >= 11 is 0. The first-order valence-corrected chi connectivity index (χ1v) is 3.62. The first-order chi connectivity index (χ1) is 4.69. The Balaban J connectivity index is 2.68. The van der Waals surface area contributed by atoms with Crippen molar-refractivity contribution in [1.82, 2.24) is 0 Å². The standard InChI is InChI=1S/C8H12O2/c1-2-7(9)8(10)5-3-4-6-8/h3,5,10H,2,4,6H2,1H3. The van der Waals surface area contributed by atoms with E-state index in [1.165, 1.54) is 0 Å². The predicted molar refractivity (Wildman–Crippen MR) is 38.6 cm³/mol. The normalized spacial score (nSPS) is 31.0. The number of hydrogen-bond acceptors (Lipinski definition) is 2. The molecule has 0 aliphatic heterocycles. The Labute approximate surface area is 60.6 Å². The van der Waals surface area contributed by atoms with Crippen LogP contribution in [0.4, 0.5) is 0 Å². The molecule has 1 unspecified atom stereocenters. The zero-order chi connectivity index (χ0) is 7.61. The van der Waals surface area contributed by atoms with Crippen LogP contribution in [-0.2, 0) is 4.79 Å². The van der Waals surface area contributed by atoms with Crippen LogP contribution < -0.4 is 0 Å². The Hall–Kier alpha value is -0.630. The SMILES string of the molecule is CCC(=O)C1(O)C=CCC1. The molecule has 1 rings (SSSR count). The molecule has 1 aliphatic carbocycles. The van der Waals surface area contributed by atoms with Gasteiger partial charge in [0.05, 0.1) is 0 Å². The first kappa shape index (κ1) is 7.48. The van der Waals surface area contributed by atoms with Gasteiger partial charge in [-0.1, -0.05) is 13.0 Å². The van der Waals surface area contributed by atoms with E-state index in [9.17, 15) is 9.90 Å². The molecule has 1 aliphatic rings. The van der Waals surface area contributed by atoms with E-state index in [2.05, 4.69) is 0 Å². The Morgan fingerprint density at radius 1 is 1.80 bits per heavy atom. The molecular weight excluding hydrogens is 128 g/mol. The minimum Gasteiger partial charge on any atom is -0.378 e. The van der Waals surface area contributed by atoms with Gasteiger partial charge in [-0.2, -0.15) is 0 Å². The number of rotatable bonds is 2. The van der Waals surface area contributed by atoms with Gasteiger partial charge in [-0.3, -0.25) is 4.79 Å². The summed E-state index contributed by atoms with van der Waals surface area (Å²) in [6.45, 7) is 1.77. The fourth-order valence-electron chi connectivity index (χ4n) is 1.20. The molecule has 0 bridgehead atoms. The van der Waals surface area contributed by atoms with Crippen molar-refractivity contribution in [1.29, 1.82) is 0 Å². The molecule has 0 fully saturated rings. The monoisotopic (exact) mass is 140 g/mol. The average molecular weight is 140 g/mol. The van der Waals surface area contributed by atoms with E-state index in [4.69, 9.17) is 0 Å². The summed E-state index contributed by atoms with van der Waals surface area (Å²) in [4.78, 5) is 11.0. The van der Waals surface area contributed by atoms with Gasteiger partial charge in [-0.25, -0.2) is 0 Å². The lowest BCUT2D eigenvalue weighted by molar-refractivity contribution is -0.132. The molecule has 0 heterocycles. The highest BCUT2D eigenvalue weighted by Gasteiger charge is 2.32. The topological polar surface area (TPSA) is 37.3 Å². The number of ketones is 1. The third-order valence-corrected chi connectivity index (χ3v) is 1.89. The molecule has 0 radical (unpaired) electrons. The van der Waals surface area contributed by atoms with E-state index < -0.39 is 5.60 Å². The highest BCUT2D eigenvalue weighted by atomic mass is 16.3. The van der Waals surface area contributed by atoms with Crippen LogP contribution in [-0.4, -0.2) is 16.5 Å². The molecule has 0 saturated carbocycles. The number of carbonyl (C=O) groups excluding carboxylic acids is 1. The van der Waals surface area contributed by atoms with Crippen LogP contribution in [0.15, 0.2) is 12.2 Å². The van der Waals surface area contributed by atoms with Gasteiger partial charge < -0.3 is 5.11 Å². The van der Waals surface area contributed by atoms with Crippen LogP contribution in [0.1, 0.15) is 26.2 Å². The number of hydrogen-bond donors (Lipinski definition) is 1. The van der Waals surface area contributed by atoms with Gasteiger partial charge in [0, 0.05) is 6.42 Å². The van der Waals surface area contributed by atoms with Gasteiger partial charge in [0.2, 0.25) is 0 Å². The lowest BCUT2D eigenvalue weighted by Gasteiger charge is -2.16. The van der Waals surface area contributed by atoms with Crippen molar-refractivity contribution in [3.63, 3.8) is 0 Å². The fraction of sp³-hybridized carbons (Fsp3) is 0.625. The Bertz CT molecular complexity index is 172. The highest BCUT2D eigenvalue weighted by Crippen LogP contribution is 2.23. The molecular formula is C8H12O2. The maximum atomic E-state index is 11.0. The third kappa shape index (κ3) is 1.12. The zero-order valence-corrected chi connectivity index (χ0v) is 6.13. The second-order valence-electron chi connectivity index (χ2n) is 2.64. The van der Waals surface area contributed by atoms with E-state index >= 15 is 0 Å². The van der Waals surface area contributed by atoms with Crippen LogP contribution in [0, 0.1) is 0 Å². The molecule has 0 amide bonds. The van der Waals surface area contributed by atoms with Crippen molar-refractivity contribution in [2.75, 3.05) is 0 Å². The van der Waals surface area contributed by atoms with Crippen LogP contribution >= 0.6 is 0 Å². The van der Waals surface area contributed by atoms with Crippen molar-refractivity contribution >= 4 is 5.78 Å². The maximum absolute atomic E-state index is 11.0. The van der Waals surface area contributed by atoms with Gasteiger partial charge in [-0.15, -0.1) is 0 Å². The molecule has 2 nitrogen and oxygen atoms in total. The van der Waals surface area contributed by atoms with E-state index in [1.807, 2.05) is 6.08 Å². The van der Waals surface area contributed by atoms with E-state index in [0.29, 0.717) is 12.8 Å². The van der Waals surface area contributed by atoms with Gasteiger partial charge >= 0.3 is 0 Å². The molecule has 0 saturated heterocycles. The van der Waals surface area contributed by atoms with Gasteiger partial charge in [0.25, 0.3) is 0 Å². The lowest BCUT2D eigenvalue weighted by atomic mass is 9.96. The number of Topliss-reactive ketones (excluding diaryl/α,β-unsaturated/α-hetero) is 1. The second-order valence-corrected chi connectivity index (χ2v) is 2.64. The largest absolute Gasteiger partial charge is 0.378 e. The Kier molecular flexibility index (Phi) is 1.90. The Morgan fingerprint density at radius 2 is 2.50 bits per heavy atom. The van der Waals surface area contributed by atoms with Gasteiger partial charge in [0.1, 0.15) is 5.60 Å². The fourth-order valence-corrected chi connectivity index (χ4v) is 1.20. The van der Waals surface area contributed by atoms with Gasteiger partial charge in [0.15, 0.2) is 5.78 Å². The molecule has 0 aromatic heterocycles. The van der Waals surface area contributed by atoms with Crippen LogP contribution in [0.3, 0.4) is 0 Å². The predicted octanol–water partition coefficient (Wildman–Crippen LogP) is 1.05. The lowest BCUT2D eigenvalue weighted by Crippen LogP contribution is -2.33. The van der Waals surface area contributed by atoms with Crippen molar-refractivity contribution in [3.8, 4) is 0 Å². The molecule has 0 aromatic carbocycles. The minimum absolute atomic E-state index is 0.0683. The first-order valence-electron chi connectivity index (χ1n) is 3.62. The van der Waals surface area contributed by atoms with E-state index in [1.54, 1.807) is 13.0 Å². The van der Waals surface area contributed by atoms with Crippen molar-refractivity contribution in [2.45, 2.75) is 31.8 Å². The Morgan fingerprint density at radius 3 is 2.90 bits per heavy atom. The summed E-state index contributed by atoms with van der Waals surface area (Å²) in [5, 5.41) is 9.52. The van der Waals surface area contributed by atoms with Crippen molar-refractivity contribution < 1.29 is 9.90 Å². The second kappa shape index (κ2) is 2.54. The molecule has 56 valence electrons. The minimum atomic E-state index is -1.12. The molecule has 0 aromatic rings. The average Bonchev–Trinajstić information content (AvgIpc) is 2.36. The number of carbonyl (C=O) groups is 1. The summed E-state index contributed by atoms with van der Waals surface area (Å²) < 4.78 is 0. The summed E-state index contributed by atoms with van der Waals surface area (Å²) in [5.41, 5.74) is -1.12. The number of aliphatic hydroxyl groups is 1. The summed E-state index contributed by atoms with van der Waals surface area (Å²) in [6.07, 6.45) is 5.27. The summed E-state index contributed by atoms with van der Waals surface area (Å²) in [7, 11) is 0. The maximum Gasteiger partial charge on any atom is 0.168 e. The smallest absolute Gasteiger partial charge is 0.168 e. The molecule has 10 heavy (non-hydrogen) atoms.